The molecule has 9 heteroatoms. The number of rotatable bonds is 10. The molecule has 0 aromatic heterocycles. The van der Waals surface area contributed by atoms with Crippen LogP contribution in [0, 0.1) is 45.8 Å². The van der Waals surface area contributed by atoms with Gasteiger partial charge in [0.2, 0.25) is 0 Å². The lowest BCUT2D eigenvalue weighted by atomic mass is 9.43. The number of ether oxygens (including phenoxy) is 4. The maximum Gasteiger partial charge on any atom is 0.334 e. The van der Waals surface area contributed by atoms with E-state index < -0.39 is 58.9 Å². The van der Waals surface area contributed by atoms with E-state index in [0.29, 0.717) is 24.3 Å². The van der Waals surface area contributed by atoms with E-state index in [-0.39, 0.29) is 30.3 Å². The number of hydrogen-bond donors (Lipinski definition) is 2. The molecule has 4 fully saturated rings. The molecule has 0 spiro atoms. The zero-order chi connectivity index (χ0) is 31.5. The maximum atomic E-state index is 13.7. The lowest BCUT2D eigenvalue weighted by Crippen LogP contribution is -2.64. The molecule has 5 rings (SSSR count). The first kappa shape index (κ1) is 32.1. The highest BCUT2D eigenvalue weighted by Crippen LogP contribution is 2.82. The van der Waals surface area contributed by atoms with Crippen molar-refractivity contribution in [1.82, 2.24) is 0 Å². The topological polar surface area (TPSA) is 129 Å². The molecule has 0 aromatic rings. The summed E-state index contributed by atoms with van der Waals surface area (Å²) in [6.07, 6.45) is 6.21. The maximum absolute atomic E-state index is 13.7. The summed E-state index contributed by atoms with van der Waals surface area (Å²) in [7, 11) is 1.47. The van der Waals surface area contributed by atoms with Gasteiger partial charge in [0.15, 0.2) is 12.4 Å². The number of hydrogen-bond acceptors (Lipinski definition) is 8. The zero-order valence-electron chi connectivity index (χ0n) is 26.4. The van der Waals surface area contributed by atoms with Crippen LogP contribution in [-0.2, 0) is 33.3 Å². The number of methoxy groups -OCH3 is 1. The van der Waals surface area contributed by atoms with Gasteiger partial charge in [-0.25, -0.2) is 4.79 Å². The Labute approximate surface area is 254 Å². The van der Waals surface area contributed by atoms with E-state index in [4.69, 9.17) is 18.9 Å². The van der Waals surface area contributed by atoms with Crippen LogP contribution >= 0.6 is 0 Å². The molecule has 238 valence electrons. The van der Waals surface area contributed by atoms with Crippen LogP contribution < -0.4 is 0 Å². The molecular weight excluding hydrogens is 552 g/mol. The standard InChI is InChI=1S/C34H48O9/c1-8-9-10-20(5)29(37)43-28-26(36)30(42-21(6)27(28)40-7)41-17-33-15-23-19(4)11-12-24(23)32(16-35)14-22(33)13-25(18(2)3)34(32,33)31(38)39/h8-10,13,16,18-19,21-24,26-28,30,36H,11-12,14-15,17H2,1-7H3,(H,38,39)/b9-8+,20-10-/t19-,21-,22?,23-,24-,26+,27-,28+,30-,32?,33?,34?/m1/s1. The smallest absolute Gasteiger partial charge is 0.334 e. The van der Waals surface area contributed by atoms with Crippen LogP contribution in [0.5, 0.6) is 0 Å². The number of carboxylic acids is 1. The van der Waals surface area contributed by atoms with Gasteiger partial charge in [-0.2, -0.15) is 0 Å². The van der Waals surface area contributed by atoms with E-state index in [0.717, 1.165) is 24.7 Å². The summed E-state index contributed by atoms with van der Waals surface area (Å²) in [5.74, 6) is -1.17. The molecule has 0 aromatic carbocycles. The Bertz CT molecular complexity index is 1220. The van der Waals surface area contributed by atoms with E-state index in [9.17, 15) is 24.6 Å². The average molecular weight is 601 g/mol. The van der Waals surface area contributed by atoms with Crippen LogP contribution in [0.1, 0.15) is 67.2 Å². The molecule has 0 amide bonds. The number of allylic oxidation sites excluding steroid dienone is 4. The molecule has 12 atom stereocenters. The van der Waals surface area contributed by atoms with Gasteiger partial charge in [0, 0.05) is 18.1 Å². The van der Waals surface area contributed by atoms with E-state index in [2.05, 4.69) is 13.0 Å². The zero-order valence-corrected chi connectivity index (χ0v) is 26.4. The molecule has 43 heavy (non-hydrogen) atoms. The number of carbonyl (C=O) groups is 3. The summed E-state index contributed by atoms with van der Waals surface area (Å²) >= 11 is 0. The number of fused-ring (bicyclic) bond motifs is 2. The van der Waals surface area contributed by atoms with Crippen molar-refractivity contribution in [2.75, 3.05) is 13.7 Å². The number of aliphatic hydroxyl groups excluding tert-OH is 1. The quantitative estimate of drug-likeness (QED) is 0.123. The third kappa shape index (κ3) is 4.36. The minimum atomic E-state index is -1.40. The lowest BCUT2D eigenvalue weighted by Gasteiger charge is -2.58. The van der Waals surface area contributed by atoms with Gasteiger partial charge in [-0.3, -0.25) is 4.79 Å². The van der Waals surface area contributed by atoms with Crippen LogP contribution in [0.15, 0.2) is 35.5 Å². The number of carboxylic acid groups (broad SMARTS) is 1. The third-order valence-corrected chi connectivity index (χ3v) is 11.8. The summed E-state index contributed by atoms with van der Waals surface area (Å²) < 4.78 is 23.9. The van der Waals surface area contributed by atoms with Crippen LogP contribution in [0.2, 0.25) is 0 Å². The molecule has 9 nitrogen and oxygen atoms in total. The number of aliphatic hydroxyl groups is 1. The van der Waals surface area contributed by atoms with Crippen molar-refractivity contribution in [1.29, 1.82) is 0 Å². The predicted molar refractivity (Wildman–Crippen MR) is 158 cm³/mol. The monoisotopic (exact) mass is 600 g/mol. The van der Waals surface area contributed by atoms with E-state index in [1.54, 1.807) is 32.1 Å². The molecule has 1 aliphatic heterocycles. The molecule has 0 radical (unpaired) electrons. The van der Waals surface area contributed by atoms with Gasteiger partial charge >= 0.3 is 11.9 Å². The van der Waals surface area contributed by atoms with E-state index in [1.165, 1.54) is 7.11 Å². The van der Waals surface area contributed by atoms with Crippen molar-refractivity contribution < 1.29 is 43.5 Å². The molecule has 4 bridgehead atoms. The van der Waals surface area contributed by atoms with E-state index >= 15 is 0 Å². The summed E-state index contributed by atoms with van der Waals surface area (Å²) in [6, 6.07) is 0. The third-order valence-electron chi connectivity index (χ3n) is 11.8. The highest BCUT2D eigenvalue weighted by molar-refractivity contribution is 5.90. The van der Waals surface area contributed by atoms with Gasteiger partial charge in [-0.05, 0) is 69.6 Å². The lowest BCUT2D eigenvalue weighted by molar-refractivity contribution is -0.308. The number of esters is 1. The summed E-state index contributed by atoms with van der Waals surface area (Å²) in [6.45, 7) is 11.4. The largest absolute Gasteiger partial charge is 0.481 e. The van der Waals surface area contributed by atoms with Gasteiger partial charge in [0.25, 0.3) is 0 Å². The second kappa shape index (κ2) is 11.5. The van der Waals surface area contributed by atoms with Crippen molar-refractivity contribution in [2.45, 2.75) is 97.9 Å². The molecule has 5 aliphatic rings. The van der Waals surface area contributed by atoms with Crippen LogP contribution in [0.25, 0.3) is 0 Å². The van der Waals surface area contributed by atoms with Gasteiger partial charge in [0.05, 0.1) is 18.1 Å². The fourth-order valence-corrected chi connectivity index (χ4v) is 9.98. The van der Waals surface area contributed by atoms with E-state index in [1.807, 2.05) is 20.8 Å². The van der Waals surface area contributed by atoms with Crippen LogP contribution in [0.4, 0.5) is 0 Å². The second-order valence-corrected chi connectivity index (χ2v) is 13.9. The highest BCUT2D eigenvalue weighted by atomic mass is 16.7. The first-order valence-corrected chi connectivity index (χ1v) is 15.8. The first-order chi connectivity index (χ1) is 20.4. The fraction of sp³-hybridized carbons (Fsp3) is 0.735. The minimum absolute atomic E-state index is 0.00476. The normalized spacial score (nSPS) is 45.4. The summed E-state index contributed by atoms with van der Waals surface area (Å²) in [4.78, 5) is 39.8. The van der Waals surface area contributed by atoms with Crippen molar-refractivity contribution in [3.8, 4) is 0 Å². The van der Waals surface area contributed by atoms with Crippen LogP contribution in [0.3, 0.4) is 0 Å². The van der Waals surface area contributed by atoms with Crippen LogP contribution in [-0.4, -0.2) is 72.9 Å². The molecular formula is C34H48O9. The molecule has 3 saturated carbocycles. The highest BCUT2D eigenvalue weighted by Gasteiger charge is 2.84. The van der Waals surface area contributed by atoms with Crippen molar-refractivity contribution >= 4 is 18.2 Å². The second-order valence-electron chi connectivity index (χ2n) is 13.9. The Kier molecular flexibility index (Phi) is 8.61. The van der Waals surface area contributed by atoms with Crippen molar-refractivity contribution in [3.05, 3.63) is 35.5 Å². The Morgan fingerprint density at radius 2 is 1.91 bits per heavy atom. The number of aldehydes is 1. The molecule has 1 heterocycles. The fourth-order valence-electron chi connectivity index (χ4n) is 9.98. The SMILES string of the molecule is C/C=C/C=C(/C)C(=O)O[C@H]1[C@H](O)[C@H](OCC23C[C@@H]4[C@H](C)CC[C@H]4C4(C=O)CC2C=C(C(C)C)C34C(=O)O)O[C@H](C)[C@H]1OC. The Morgan fingerprint density at radius 1 is 1.19 bits per heavy atom. The number of aliphatic carboxylic acids is 1. The minimum Gasteiger partial charge on any atom is -0.481 e. The summed E-state index contributed by atoms with van der Waals surface area (Å²) in [5.41, 5.74) is -2.10. The molecule has 1 saturated heterocycles. The van der Waals surface area contributed by atoms with Gasteiger partial charge in [0.1, 0.15) is 23.9 Å². The van der Waals surface area contributed by atoms with Gasteiger partial charge < -0.3 is 34.0 Å². The van der Waals surface area contributed by atoms with Gasteiger partial charge in [-0.15, -0.1) is 0 Å². The molecule has 2 N–H and O–H groups in total. The number of carbonyl (C=O) groups excluding carboxylic acids is 2. The Hall–Kier alpha value is -2.33. The van der Waals surface area contributed by atoms with Gasteiger partial charge in [-0.1, -0.05) is 57.1 Å². The molecule has 4 aliphatic carbocycles. The predicted octanol–water partition coefficient (Wildman–Crippen LogP) is 4.48. The Balaban J connectivity index is 1.49. The first-order valence-electron chi connectivity index (χ1n) is 15.8. The van der Waals surface area contributed by atoms with Crippen molar-refractivity contribution in [2.24, 2.45) is 45.8 Å². The Morgan fingerprint density at radius 3 is 2.51 bits per heavy atom. The molecule has 4 unspecified atom stereocenters. The summed E-state index contributed by atoms with van der Waals surface area (Å²) in [5, 5.41) is 22.7. The average Bonchev–Trinajstić information content (AvgIpc) is 3.54. The van der Waals surface area contributed by atoms with Crippen molar-refractivity contribution in [3.63, 3.8) is 0 Å².